The second kappa shape index (κ2) is 7.85. The third-order valence-corrected chi connectivity index (χ3v) is 6.31. The number of rotatable bonds is 5. The number of ether oxygens (including phenoxy) is 1. The van der Waals surface area contributed by atoms with E-state index in [2.05, 4.69) is 15.1 Å². The molecule has 1 amide bonds. The van der Waals surface area contributed by atoms with Crippen LogP contribution in [-0.2, 0) is 16.0 Å². The molecule has 138 valence electrons. The molecule has 3 rings (SSSR count). The van der Waals surface area contributed by atoms with E-state index in [0.717, 1.165) is 36.5 Å². The molecule has 0 aliphatic carbocycles. The highest BCUT2D eigenvalue weighted by Crippen LogP contribution is 2.34. The van der Waals surface area contributed by atoms with Crippen LogP contribution in [0.3, 0.4) is 0 Å². The number of piperazine rings is 1. The van der Waals surface area contributed by atoms with Gasteiger partial charge in [-0.05, 0) is 38.3 Å². The van der Waals surface area contributed by atoms with Crippen molar-refractivity contribution in [1.29, 1.82) is 0 Å². The van der Waals surface area contributed by atoms with Gasteiger partial charge in [-0.25, -0.2) is 4.79 Å². The van der Waals surface area contributed by atoms with Crippen molar-refractivity contribution < 1.29 is 14.3 Å². The summed E-state index contributed by atoms with van der Waals surface area (Å²) < 4.78 is 4.91. The first-order chi connectivity index (χ1) is 12.0. The van der Waals surface area contributed by atoms with Gasteiger partial charge in [0, 0.05) is 30.6 Å². The summed E-state index contributed by atoms with van der Waals surface area (Å²) in [6.45, 7) is 8.49. The van der Waals surface area contributed by atoms with Crippen LogP contribution in [0.2, 0.25) is 0 Å². The Hall–Kier alpha value is -1.44. The summed E-state index contributed by atoms with van der Waals surface area (Å²) in [5.41, 5.74) is 1.48. The molecule has 2 saturated heterocycles. The predicted octanol–water partition coefficient (Wildman–Crippen LogP) is 2.12. The lowest BCUT2D eigenvalue weighted by molar-refractivity contribution is -0.117. The second-order valence-electron chi connectivity index (χ2n) is 6.80. The fraction of sp³-hybridized carbons (Fsp3) is 0.667. The van der Waals surface area contributed by atoms with Gasteiger partial charge in [0.05, 0.1) is 19.2 Å². The maximum absolute atomic E-state index is 12.5. The molecule has 0 radical (unpaired) electrons. The Morgan fingerprint density at radius 1 is 1.32 bits per heavy atom. The number of aryl methyl sites for hydroxylation is 1. The van der Waals surface area contributed by atoms with Gasteiger partial charge in [-0.1, -0.05) is 6.92 Å². The van der Waals surface area contributed by atoms with E-state index in [9.17, 15) is 9.59 Å². The van der Waals surface area contributed by atoms with E-state index in [4.69, 9.17) is 4.74 Å². The molecule has 7 heteroatoms. The SMILES string of the molecule is CCc1c(C)sc(NC(=O)CN2CCN3CCCC3C2)c1C(=O)OC. The molecule has 0 aromatic carbocycles. The van der Waals surface area contributed by atoms with Crippen LogP contribution in [-0.4, -0.2) is 67.6 Å². The van der Waals surface area contributed by atoms with Gasteiger partial charge < -0.3 is 10.1 Å². The third kappa shape index (κ3) is 3.88. The summed E-state index contributed by atoms with van der Waals surface area (Å²) in [6, 6.07) is 0.600. The number of fused-ring (bicyclic) bond motifs is 1. The Morgan fingerprint density at radius 3 is 2.84 bits per heavy atom. The Bertz CT molecular complexity index is 658. The minimum absolute atomic E-state index is 0.0551. The summed E-state index contributed by atoms with van der Waals surface area (Å²) in [7, 11) is 1.38. The number of anilines is 1. The first kappa shape index (κ1) is 18.4. The van der Waals surface area contributed by atoms with E-state index < -0.39 is 0 Å². The van der Waals surface area contributed by atoms with Gasteiger partial charge in [0.1, 0.15) is 5.00 Å². The van der Waals surface area contributed by atoms with E-state index in [0.29, 0.717) is 23.2 Å². The minimum atomic E-state index is -0.379. The first-order valence-electron chi connectivity index (χ1n) is 9.00. The number of amides is 1. The maximum atomic E-state index is 12.5. The molecule has 1 N–H and O–H groups in total. The van der Waals surface area contributed by atoms with E-state index >= 15 is 0 Å². The van der Waals surface area contributed by atoms with Crippen LogP contribution in [0.1, 0.15) is 40.6 Å². The monoisotopic (exact) mass is 365 g/mol. The number of hydrogen-bond donors (Lipinski definition) is 1. The van der Waals surface area contributed by atoms with Crippen LogP contribution < -0.4 is 5.32 Å². The Kier molecular flexibility index (Phi) is 5.76. The van der Waals surface area contributed by atoms with Crippen LogP contribution in [0.4, 0.5) is 5.00 Å². The van der Waals surface area contributed by atoms with Crippen molar-refractivity contribution in [2.45, 2.75) is 39.2 Å². The largest absolute Gasteiger partial charge is 0.465 e. The number of methoxy groups -OCH3 is 1. The van der Waals surface area contributed by atoms with E-state index in [1.807, 2.05) is 13.8 Å². The minimum Gasteiger partial charge on any atom is -0.465 e. The molecule has 2 fully saturated rings. The maximum Gasteiger partial charge on any atom is 0.341 e. The lowest BCUT2D eigenvalue weighted by Crippen LogP contribution is -2.51. The molecule has 0 saturated carbocycles. The van der Waals surface area contributed by atoms with Crippen LogP contribution >= 0.6 is 11.3 Å². The fourth-order valence-corrected chi connectivity index (χ4v) is 5.13. The van der Waals surface area contributed by atoms with Gasteiger partial charge in [-0.2, -0.15) is 0 Å². The molecule has 25 heavy (non-hydrogen) atoms. The molecule has 1 aromatic rings. The number of nitrogens with one attached hydrogen (secondary N) is 1. The van der Waals surface area contributed by atoms with Gasteiger partial charge >= 0.3 is 5.97 Å². The van der Waals surface area contributed by atoms with Crippen molar-refractivity contribution in [3.8, 4) is 0 Å². The summed E-state index contributed by atoms with van der Waals surface area (Å²) in [5.74, 6) is -0.434. The Balaban J connectivity index is 1.66. The number of thiophene rings is 1. The van der Waals surface area contributed by atoms with Crippen LogP contribution in [0.15, 0.2) is 0 Å². The van der Waals surface area contributed by atoms with Gasteiger partial charge in [0.15, 0.2) is 0 Å². The summed E-state index contributed by atoms with van der Waals surface area (Å²) in [6.07, 6.45) is 3.24. The summed E-state index contributed by atoms with van der Waals surface area (Å²) >= 11 is 1.46. The van der Waals surface area contributed by atoms with Crippen molar-refractivity contribution in [2.75, 3.05) is 45.2 Å². The van der Waals surface area contributed by atoms with Gasteiger partial charge in [0.2, 0.25) is 5.91 Å². The van der Waals surface area contributed by atoms with Crippen LogP contribution in [0, 0.1) is 6.92 Å². The predicted molar refractivity (Wildman–Crippen MR) is 99.4 cm³/mol. The highest BCUT2D eigenvalue weighted by Gasteiger charge is 2.31. The van der Waals surface area contributed by atoms with Crippen molar-refractivity contribution in [1.82, 2.24) is 9.80 Å². The number of carbonyl (C=O) groups is 2. The van der Waals surface area contributed by atoms with E-state index in [1.54, 1.807) is 0 Å². The average Bonchev–Trinajstić information content (AvgIpc) is 3.17. The summed E-state index contributed by atoms with van der Waals surface area (Å²) in [5, 5.41) is 3.57. The van der Waals surface area contributed by atoms with Gasteiger partial charge in [-0.15, -0.1) is 11.3 Å². The molecule has 2 aliphatic heterocycles. The molecule has 6 nitrogen and oxygen atoms in total. The second-order valence-corrected chi connectivity index (χ2v) is 8.03. The lowest BCUT2D eigenvalue weighted by atomic mass is 10.1. The zero-order valence-corrected chi connectivity index (χ0v) is 16.1. The highest BCUT2D eigenvalue weighted by molar-refractivity contribution is 7.16. The molecule has 1 atom stereocenters. The van der Waals surface area contributed by atoms with E-state index in [1.165, 1.54) is 37.8 Å². The molecule has 1 unspecified atom stereocenters. The van der Waals surface area contributed by atoms with Gasteiger partial charge in [-0.3, -0.25) is 14.6 Å². The van der Waals surface area contributed by atoms with Crippen LogP contribution in [0.25, 0.3) is 0 Å². The zero-order valence-electron chi connectivity index (χ0n) is 15.3. The number of nitrogens with zero attached hydrogens (tertiary/aromatic N) is 2. The quantitative estimate of drug-likeness (QED) is 0.810. The standard InChI is InChI=1S/C18H27N3O3S/c1-4-14-12(2)25-17(16(14)18(23)24-3)19-15(22)11-20-8-9-21-7-5-6-13(21)10-20/h13H,4-11H2,1-3H3,(H,19,22). The van der Waals surface area contributed by atoms with Crippen LogP contribution in [0.5, 0.6) is 0 Å². The molecule has 2 aliphatic rings. The van der Waals surface area contributed by atoms with E-state index in [-0.39, 0.29) is 11.9 Å². The zero-order chi connectivity index (χ0) is 18.0. The van der Waals surface area contributed by atoms with Crippen molar-refractivity contribution >= 4 is 28.2 Å². The Labute approximate surface area is 153 Å². The van der Waals surface area contributed by atoms with Crippen molar-refractivity contribution in [3.63, 3.8) is 0 Å². The first-order valence-corrected chi connectivity index (χ1v) is 9.82. The number of esters is 1. The van der Waals surface area contributed by atoms with Crippen molar-refractivity contribution in [2.24, 2.45) is 0 Å². The third-order valence-electron chi connectivity index (χ3n) is 5.24. The normalized spacial score (nSPS) is 21.2. The average molecular weight is 365 g/mol. The molecular weight excluding hydrogens is 338 g/mol. The van der Waals surface area contributed by atoms with Gasteiger partial charge in [0.25, 0.3) is 0 Å². The topological polar surface area (TPSA) is 61.9 Å². The van der Waals surface area contributed by atoms with Crippen molar-refractivity contribution in [3.05, 3.63) is 16.0 Å². The highest BCUT2D eigenvalue weighted by atomic mass is 32.1. The molecule has 0 bridgehead atoms. The number of hydrogen-bond acceptors (Lipinski definition) is 6. The lowest BCUT2D eigenvalue weighted by Gasteiger charge is -2.37. The molecule has 0 spiro atoms. The molecular formula is C18H27N3O3S. The smallest absolute Gasteiger partial charge is 0.341 e. The molecule has 3 heterocycles. The fourth-order valence-electron chi connectivity index (χ4n) is 3.98. The Morgan fingerprint density at radius 2 is 2.12 bits per heavy atom. The number of carbonyl (C=O) groups excluding carboxylic acids is 2. The summed E-state index contributed by atoms with van der Waals surface area (Å²) in [4.78, 5) is 30.5. The molecule has 1 aromatic heterocycles.